The summed E-state index contributed by atoms with van der Waals surface area (Å²) < 4.78 is 64.6. The van der Waals surface area contributed by atoms with E-state index in [0.29, 0.717) is 16.7 Å². The van der Waals surface area contributed by atoms with Gasteiger partial charge in [-0.05, 0) is 62.1 Å². The molecule has 3 saturated heterocycles. The van der Waals surface area contributed by atoms with Crippen molar-refractivity contribution in [3.63, 3.8) is 0 Å². The van der Waals surface area contributed by atoms with Gasteiger partial charge in [0.25, 0.3) is 5.91 Å². The molecule has 0 spiro atoms. The number of rotatable bonds is 14. The third kappa shape index (κ3) is 9.64. The highest BCUT2D eigenvalue weighted by Crippen LogP contribution is 2.55. The maximum absolute atomic E-state index is 14.5. The van der Waals surface area contributed by atoms with Crippen LogP contribution in [0.1, 0.15) is 67.1 Å². The van der Waals surface area contributed by atoms with Gasteiger partial charge in [-0.15, -0.1) is 0 Å². The summed E-state index contributed by atoms with van der Waals surface area (Å²) in [6.07, 6.45) is -5.65. The van der Waals surface area contributed by atoms with Crippen LogP contribution < -0.4 is 10.6 Å². The maximum Gasteiger partial charge on any atom is 0.422 e. The van der Waals surface area contributed by atoms with Crippen LogP contribution in [0.2, 0.25) is 0 Å². The Labute approximate surface area is 325 Å². The fourth-order valence-electron chi connectivity index (χ4n) is 7.53. The summed E-state index contributed by atoms with van der Waals surface area (Å²) in [4.78, 5) is 72.0. The maximum atomic E-state index is 14.5. The molecule has 1 saturated carbocycles. The lowest BCUT2D eigenvalue weighted by molar-refractivity contribution is -0.201. The number of nitrogens with zero attached hydrogens (tertiary/aromatic N) is 1. The molecule has 0 radical (unpaired) electrons. The molecule has 308 valence electrons. The van der Waals surface area contributed by atoms with Crippen LogP contribution in [0.4, 0.5) is 13.2 Å². The van der Waals surface area contributed by atoms with Crippen LogP contribution in [-0.2, 0) is 60.8 Å². The van der Waals surface area contributed by atoms with Gasteiger partial charge in [0.15, 0.2) is 12.6 Å². The molecular formula is C39H44F3N3O12. The van der Waals surface area contributed by atoms with E-state index in [1.165, 1.54) is 11.1 Å². The number of carbonyl (C=O) groups excluding carboxylic acids is 5. The molecule has 6 rings (SSSR count). The Morgan fingerprint density at radius 3 is 2.56 bits per heavy atom. The quantitative estimate of drug-likeness (QED) is 0.144. The molecular weight excluding hydrogens is 759 g/mol. The van der Waals surface area contributed by atoms with Crippen molar-refractivity contribution in [3.05, 3.63) is 76.9 Å². The third-order valence-electron chi connectivity index (χ3n) is 9.97. The zero-order valence-corrected chi connectivity index (χ0v) is 31.4. The molecule has 57 heavy (non-hydrogen) atoms. The van der Waals surface area contributed by atoms with E-state index in [2.05, 4.69) is 15.4 Å². The number of benzene rings is 2. The van der Waals surface area contributed by atoms with E-state index >= 15 is 0 Å². The smallest absolute Gasteiger partial charge is 0.422 e. The van der Waals surface area contributed by atoms with Gasteiger partial charge < -0.3 is 39.4 Å². The molecule has 3 aliphatic heterocycles. The number of hydrogen-bond acceptors (Lipinski definition) is 13. The standard InChI is InChI=1S/C39H44F3N3O12/c1-37(2,3)56-29(48)14-12-26(19-46)44-34(49)24-10-6-7-22(15-24)17-43-36(51)38-16-27-30-31(54-21-53-30)33(38)57-45(32(38)35(50)55-27)18-25-9-5-4-8-23(25)11-13-28(47)52-20-39(40,41)42/h4-11,13,15,26-27,30-33,46H,12,14,16-21H2,1-3H3,(H,43,51)(H,44,49)/t26-,27+,30-,31-,32-,33+,38-/m0/s1. The van der Waals surface area contributed by atoms with Gasteiger partial charge in [-0.3, -0.25) is 24.0 Å². The minimum absolute atomic E-state index is 0.0127. The Kier molecular flexibility index (Phi) is 12.4. The zero-order valence-electron chi connectivity index (χ0n) is 31.4. The van der Waals surface area contributed by atoms with E-state index in [0.717, 1.165) is 6.08 Å². The van der Waals surface area contributed by atoms with Crippen molar-refractivity contribution in [3.8, 4) is 0 Å². The second-order valence-electron chi connectivity index (χ2n) is 15.2. The van der Waals surface area contributed by atoms with Gasteiger partial charge in [-0.2, -0.15) is 18.2 Å². The van der Waals surface area contributed by atoms with Crippen LogP contribution in [0.25, 0.3) is 6.08 Å². The van der Waals surface area contributed by atoms with Gasteiger partial charge in [0.2, 0.25) is 5.91 Å². The van der Waals surface area contributed by atoms with E-state index in [1.54, 1.807) is 69.3 Å². The highest BCUT2D eigenvalue weighted by molar-refractivity contribution is 5.95. The number of ether oxygens (including phenoxy) is 5. The predicted octanol–water partition coefficient (Wildman–Crippen LogP) is 2.88. The van der Waals surface area contributed by atoms with Crippen molar-refractivity contribution in [1.29, 1.82) is 0 Å². The van der Waals surface area contributed by atoms with E-state index in [1.807, 2.05) is 0 Å². The molecule has 3 N–H and O–H groups in total. The largest absolute Gasteiger partial charge is 0.460 e. The van der Waals surface area contributed by atoms with Crippen molar-refractivity contribution in [2.45, 2.75) is 101 Å². The molecule has 2 amide bonds. The number of alkyl halides is 3. The van der Waals surface area contributed by atoms with Gasteiger partial charge in [0.1, 0.15) is 42.2 Å². The van der Waals surface area contributed by atoms with Gasteiger partial charge in [-0.25, -0.2) is 4.79 Å². The molecule has 4 fully saturated rings. The molecule has 18 heteroatoms. The monoisotopic (exact) mass is 803 g/mol. The number of aliphatic hydroxyl groups is 1. The molecule has 0 aromatic heterocycles. The Morgan fingerprint density at radius 1 is 1.07 bits per heavy atom. The SMILES string of the molecule is CC(C)(C)OC(=O)CC[C@@H](CO)NC(=O)c1cccc(CNC(=O)[C@@]23C[C@H]4OC(=O)[C@@H]2N(Cc2ccccc2C=CC(=O)OCC(F)(F)F)O[C@@H]3[C@H]2OCO[C@H]24)c1. The number of esters is 3. The molecule has 1 aliphatic carbocycles. The van der Waals surface area contributed by atoms with E-state index in [9.17, 15) is 42.3 Å². The lowest BCUT2D eigenvalue weighted by Crippen LogP contribution is -2.69. The van der Waals surface area contributed by atoms with Gasteiger partial charge in [0, 0.05) is 31.0 Å². The Bertz CT molecular complexity index is 1880. The Balaban J connectivity index is 1.17. The number of nitrogens with one attached hydrogen (secondary N) is 2. The first-order valence-corrected chi connectivity index (χ1v) is 18.3. The van der Waals surface area contributed by atoms with Crippen molar-refractivity contribution in [2.75, 3.05) is 20.0 Å². The molecule has 3 heterocycles. The lowest BCUT2D eigenvalue weighted by atomic mass is 9.62. The fraction of sp³-hybridized carbons (Fsp3) is 0.513. The summed E-state index contributed by atoms with van der Waals surface area (Å²) in [5.74, 6) is -3.43. The van der Waals surface area contributed by atoms with E-state index in [4.69, 9.17) is 23.8 Å². The normalized spacial score (nSPS) is 26.0. The average molecular weight is 804 g/mol. The van der Waals surface area contributed by atoms with Crippen molar-refractivity contribution in [1.82, 2.24) is 15.7 Å². The summed E-state index contributed by atoms with van der Waals surface area (Å²) in [5.41, 5.74) is -0.482. The zero-order chi connectivity index (χ0) is 41.1. The van der Waals surface area contributed by atoms with Crippen LogP contribution in [0.15, 0.2) is 54.6 Å². The highest BCUT2D eigenvalue weighted by Gasteiger charge is 2.74. The Hall–Kier alpha value is -4.88. The third-order valence-corrected chi connectivity index (χ3v) is 9.97. The minimum Gasteiger partial charge on any atom is -0.460 e. The minimum atomic E-state index is -4.69. The van der Waals surface area contributed by atoms with Crippen LogP contribution in [0.5, 0.6) is 0 Å². The first kappa shape index (κ1) is 41.7. The van der Waals surface area contributed by atoms with Crippen molar-refractivity contribution >= 4 is 35.8 Å². The number of hydrogen-bond donors (Lipinski definition) is 3. The molecule has 2 aromatic carbocycles. The number of aliphatic hydroxyl groups excluding tert-OH is 1. The van der Waals surface area contributed by atoms with Crippen molar-refractivity contribution < 1.29 is 70.8 Å². The van der Waals surface area contributed by atoms with E-state index in [-0.39, 0.29) is 44.7 Å². The first-order chi connectivity index (χ1) is 27.0. The van der Waals surface area contributed by atoms with Crippen LogP contribution in [0, 0.1) is 5.41 Å². The van der Waals surface area contributed by atoms with E-state index < -0.39 is 96.6 Å². The summed E-state index contributed by atoms with van der Waals surface area (Å²) in [7, 11) is 0. The van der Waals surface area contributed by atoms with Crippen LogP contribution >= 0.6 is 0 Å². The van der Waals surface area contributed by atoms with Gasteiger partial charge in [0.05, 0.1) is 19.2 Å². The molecule has 2 aromatic rings. The first-order valence-electron chi connectivity index (χ1n) is 18.3. The van der Waals surface area contributed by atoms with Crippen LogP contribution in [-0.4, -0.2) is 108 Å². The fourth-order valence-corrected chi connectivity index (χ4v) is 7.53. The number of amides is 2. The molecule has 0 unspecified atom stereocenters. The summed E-state index contributed by atoms with van der Waals surface area (Å²) in [5, 5.41) is 16.8. The van der Waals surface area contributed by atoms with Crippen molar-refractivity contribution in [2.24, 2.45) is 5.41 Å². The molecule has 2 bridgehead atoms. The van der Waals surface area contributed by atoms with Gasteiger partial charge >= 0.3 is 24.1 Å². The molecule has 15 nitrogen and oxygen atoms in total. The molecule has 7 atom stereocenters. The van der Waals surface area contributed by atoms with Crippen LogP contribution in [0.3, 0.4) is 0 Å². The number of carbonyl (C=O) groups is 5. The summed E-state index contributed by atoms with van der Waals surface area (Å²) >= 11 is 0. The number of fused-ring (bicyclic) bond motifs is 4. The Morgan fingerprint density at radius 2 is 1.82 bits per heavy atom. The topological polar surface area (TPSA) is 188 Å². The summed E-state index contributed by atoms with van der Waals surface area (Å²) in [6.45, 7) is 2.81. The lowest BCUT2D eigenvalue weighted by Gasteiger charge is -2.48. The summed E-state index contributed by atoms with van der Waals surface area (Å²) in [6, 6.07) is 11.1. The number of halogens is 3. The average Bonchev–Trinajstić information content (AvgIpc) is 3.78. The second kappa shape index (κ2) is 16.9. The second-order valence-corrected chi connectivity index (χ2v) is 15.2. The predicted molar refractivity (Wildman–Crippen MR) is 190 cm³/mol. The molecule has 4 aliphatic rings. The highest BCUT2D eigenvalue weighted by atomic mass is 19.4. The van der Waals surface area contributed by atoms with Gasteiger partial charge in [-0.1, -0.05) is 36.4 Å². The number of hydroxylamine groups is 2.